The summed E-state index contributed by atoms with van der Waals surface area (Å²) >= 11 is 0. The van der Waals surface area contributed by atoms with Gasteiger partial charge in [0.25, 0.3) is 0 Å². The molecule has 2 aromatic rings. The van der Waals surface area contributed by atoms with Crippen LogP contribution >= 0.6 is 0 Å². The van der Waals surface area contributed by atoms with Gasteiger partial charge < -0.3 is 0 Å². The summed E-state index contributed by atoms with van der Waals surface area (Å²) in [5.41, 5.74) is 2.05. The number of ketones is 1. The first-order chi connectivity index (χ1) is 8.84. The number of benzene rings is 2. The van der Waals surface area contributed by atoms with E-state index in [0.717, 1.165) is 12.0 Å². The van der Waals surface area contributed by atoms with Gasteiger partial charge in [-0.25, -0.2) is 0 Å². The van der Waals surface area contributed by atoms with Crippen molar-refractivity contribution in [2.24, 2.45) is 0 Å². The highest BCUT2D eigenvalue weighted by Gasteiger charge is 1.98. The largest absolute Gasteiger partial charge is 0.285 e. The van der Waals surface area contributed by atoms with Crippen LogP contribution in [-0.2, 0) is 11.2 Å². The molecular weight excluding hydrogens is 220 g/mol. The minimum atomic E-state index is -0.0114. The van der Waals surface area contributed by atoms with E-state index in [1.807, 2.05) is 60.7 Å². The first kappa shape index (κ1) is 12.1. The lowest BCUT2D eigenvalue weighted by Crippen LogP contribution is -1.96. The van der Waals surface area contributed by atoms with Crippen LogP contribution in [0.25, 0.3) is 0 Å². The van der Waals surface area contributed by atoms with Gasteiger partial charge in [-0.05, 0) is 30.0 Å². The molecule has 2 aromatic carbocycles. The van der Waals surface area contributed by atoms with Crippen molar-refractivity contribution in [1.82, 2.24) is 0 Å². The molecule has 0 aliphatic heterocycles. The number of carbonyl (C=O) groups is 1. The van der Waals surface area contributed by atoms with E-state index in [0.29, 0.717) is 6.42 Å². The smallest absolute Gasteiger partial charge is 0.206 e. The molecule has 0 saturated carbocycles. The summed E-state index contributed by atoms with van der Waals surface area (Å²) in [6, 6.07) is 19.6. The molecule has 0 saturated heterocycles. The third-order valence-corrected chi connectivity index (χ3v) is 2.60. The zero-order valence-electron chi connectivity index (χ0n) is 10.1. The number of hydrogen-bond acceptors (Lipinski definition) is 1. The Hall–Kier alpha value is -2.33. The lowest BCUT2D eigenvalue weighted by atomic mass is 10.1. The van der Waals surface area contributed by atoms with Crippen LogP contribution < -0.4 is 0 Å². The molecule has 2 rings (SSSR count). The average molecular weight is 234 g/mol. The zero-order chi connectivity index (χ0) is 12.6. The molecule has 0 radical (unpaired) electrons. The van der Waals surface area contributed by atoms with E-state index in [4.69, 9.17) is 0 Å². The summed E-state index contributed by atoms with van der Waals surface area (Å²) in [7, 11) is 0. The van der Waals surface area contributed by atoms with Gasteiger partial charge in [0.1, 0.15) is 0 Å². The highest BCUT2D eigenvalue weighted by Crippen LogP contribution is 2.02. The molecule has 0 fully saturated rings. The molecule has 0 unspecified atom stereocenters. The lowest BCUT2D eigenvalue weighted by Gasteiger charge is -1.96. The molecule has 18 heavy (non-hydrogen) atoms. The third-order valence-electron chi connectivity index (χ3n) is 2.60. The van der Waals surface area contributed by atoms with E-state index in [1.54, 1.807) is 0 Å². The van der Waals surface area contributed by atoms with Crippen LogP contribution in [-0.4, -0.2) is 5.78 Å². The first-order valence-corrected chi connectivity index (χ1v) is 5.98. The summed E-state index contributed by atoms with van der Waals surface area (Å²) < 4.78 is 0. The normalized spacial score (nSPS) is 9.33. The van der Waals surface area contributed by atoms with Crippen LogP contribution in [0.5, 0.6) is 0 Å². The van der Waals surface area contributed by atoms with E-state index in [9.17, 15) is 4.79 Å². The number of hydrogen-bond donors (Lipinski definition) is 0. The van der Waals surface area contributed by atoms with Crippen LogP contribution in [0.1, 0.15) is 17.5 Å². The maximum Gasteiger partial charge on any atom is 0.206 e. The molecule has 1 nitrogen and oxygen atoms in total. The maximum absolute atomic E-state index is 11.6. The Labute approximate surface area is 107 Å². The SMILES string of the molecule is O=C(C#Cc1ccccc1)CCc1ccccc1. The van der Waals surface area contributed by atoms with Crippen molar-refractivity contribution >= 4 is 5.78 Å². The summed E-state index contributed by atoms with van der Waals surface area (Å²) in [5.74, 6) is 5.55. The zero-order valence-corrected chi connectivity index (χ0v) is 10.1. The summed E-state index contributed by atoms with van der Waals surface area (Å²) in [6.45, 7) is 0. The van der Waals surface area contributed by atoms with Gasteiger partial charge in [-0.1, -0.05) is 54.5 Å². The second-order valence-electron chi connectivity index (χ2n) is 4.02. The molecular formula is C17H14O. The molecule has 0 aliphatic carbocycles. The number of carbonyl (C=O) groups excluding carboxylic acids is 1. The average Bonchev–Trinajstić information content (AvgIpc) is 2.45. The predicted octanol–water partition coefficient (Wildman–Crippen LogP) is 3.24. The van der Waals surface area contributed by atoms with Gasteiger partial charge in [-0.2, -0.15) is 0 Å². The number of rotatable bonds is 3. The van der Waals surface area contributed by atoms with Gasteiger partial charge in [0.15, 0.2) is 0 Å². The Morgan fingerprint density at radius 2 is 1.50 bits per heavy atom. The van der Waals surface area contributed by atoms with Gasteiger partial charge in [0.05, 0.1) is 0 Å². The van der Waals surface area contributed by atoms with Crippen LogP contribution in [0.4, 0.5) is 0 Å². The van der Waals surface area contributed by atoms with Crippen molar-refractivity contribution in [3.63, 3.8) is 0 Å². The lowest BCUT2D eigenvalue weighted by molar-refractivity contribution is -0.113. The fraction of sp³-hybridized carbons (Fsp3) is 0.118. The van der Waals surface area contributed by atoms with Crippen molar-refractivity contribution < 1.29 is 4.79 Å². The minimum absolute atomic E-state index is 0.0114. The van der Waals surface area contributed by atoms with E-state index >= 15 is 0 Å². The Morgan fingerprint density at radius 1 is 0.889 bits per heavy atom. The third kappa shape index (κ3) is 3.92. The molecule has 0 aliphatic rings. The van der Waals surface area contributed by atoms with Crippen molar-refractivity contribution in [3.05, 3.63) is 71.8 Å². The molecule has 0 N–H and O–H groups in total. The van der Waals surface area contributed by atoms with Gasteiger partial charge in [-0.15, -0.1) is 0 Å². The van der Waals surface area contributed by atoms with E-state index < -0.39 is 0 Å². The quantitative estimate of drug-likeness (QED) is 0.745. The van der Waals surface area contributed by atoms with Gasteiger partial charge in [0.2, 0.25) is 5.78 Å². The van der Waals surface area contributed by atoms with Gasteiger partial charge in [0, 0.05) is 12.0 Å². The monoisotopic (exact) mass is 234 g/mol. The predicted molar refractivity (Wildman–Crippen MR) is 73.1 cm³/mol. The van der Waals surface area contributed by atoms with Crippen molar-refractivity contribution in [1.29, 1.82) is 0 Å². The Kier molecular flexibility index (Phi) is 4.33. The van der Waals surface area contributed by atoms with Crippen molar-refractivity contribution in [2.75, 3.05) is 0 Å². The molecule has 0 atom stereocenters. The topological polar surface area (TPSA) is 17.1 Å². The number of Topliss-reactive ketones (excluding diaryl/α,β-unsaturated/α-hetero) is 1. The maximum atomic E-state index is 11.6. The summed E-state index contributed by atoms with van der Waals surface area (Å²) in [5, 5.41) is 0. The fourth-order valence-electron chi connectivity index (χ4n) is 1.63. The van der Waals surface area contributed by atoms with Gasteiger partial charge in [-0.3, -0.25) is 4.79 Å². The molecule has 0 amide bonds. The Balaban J connectivity index is 1.89. The first-order valence-electron chi connectivity index (χ1n) is 5.98. The van der Waals surface area contributed by atoms with E-state index in [2.05, 4.69) is 11.8 Å². The van der Waals surface area contributed by atoms with E-state index in [-0.39, 0.29) is 5.78 Å². The molecule has 88 valence electrons. The highest BCUT2D eigenvalue weighted by atomic mass is 16.1. The number of aryl methyl sites for hydroxylation is 1. The second kappa shape index (κ2) is 6.42. The van der Waals surface area contributed by atoms with Crippen LogP contribution in [0, 0.1) is 11.8 Å². The van der Waals surface area contributed by atoms with Gasteiger partial charge >= 0.3 is 0 Å². The summed E-state index contributed by atoms with van der Waals surface area (Å²) in [6.07, 6.45) is 1.23. The highest BCUT2D eigenvalue weighted by molar-refractivity contribution is 5.96. The standard InChI is InChI=1S/C17H14O/c18-17(13-11-15-7-3-1-4-8-15)14-12-16-9-5-2-6-10-16/h1-10H,11,13H2. The molecule has 0 spiro atoms. The molecule has 1 heteroatoms. The van der Waals surface area contributed by atoms with E-state index in [1.165, 1.54) is 5.56 Å². The molecule has 0 heterocycles. The molecule has 0 aromatic heterocycles. The minimum Gasteiger partial charge on any atom is -0.285 e. The Morgan fingerprint density at radius 3 is 2.17 bits per heavy atom. The Bertz CT molecular complexity index is 559. The van der Waals surface area contributed by atoms with Crippen molar-refractivity contribution in [2.45, 2.75) is 12.8 Å². The molecule has 0 bridgehead atoms. The van der Waals surface area contributed by atoms with Crippen molar-refractivity contribution in [3.8, 4) is 11.8 Å². The summed E-state index contributed by atoms with van der Waals surface area (Å²) in [4.78, 5) is 11.6. The van der Waals surface area contributed by atoms with Crippen LogP contribution in [0.3, 0.4) is 0 Å². The van der Waals surface area contributed by atoms with Crippen LogP contribution in [0.2, 0.25) is 0 Å². The fourth-order valence-corrected chi connectivity index (χ4v) is 1.63. The van der Waals surface area contributed by atoms with Crippen LogP contribution in [0.15, 0.2) is 60.7 Å². The second-order valence-corrected chi connectivity index (χ2v) is 4.02.